The van der Waals surface area contributed by atoms with Crippen LogP contribution in [-0.2, 0) is 63.5 Å². The van der Waals surface area contributed by atoms with Gasteiger partial charge < -0.3 is 49.6 Å². The summed E-state index contributed by atoms with van der Waals surface area (Å²) in [5.41, 5.74) is 1.37. The number of rotatable bonds is 20. The van der Waals surface area contributed by atoms with E-state index in [1.165, 1.54) is 0 Å². The minimum absolute atomic E-state index is 0.0962. The molecule has 428 valence electrons. The summed E-state index contributed by atoms with van der Waals surface area (Å²) in [4.78, 5) is 73.4. The van der Waals surface area contributed by atoms with Crippen LogP contribution in [0.2, 0.25) is 0 Å². The molecular weight excluding hydrogens is 1100 g/mol. The number of carbonyl (C=O) groups excluding carboxylic acids is 4. The lowest BCUT2D eigenvalue weighted by Gasteiger charge is -2.27. The van der Waals surface area contributed by atoms with Crippen molar-refractivity contribution in [1.82, 2.24) is 10.6 Å². The Morgan fingerprint density at radius 3 is 1.18 bits per heavy atom. The molecule has 10 aromatic carbocycles. The molecular formula is C66H62N4O12P2. The Kier molecular flexibility index (Phi) is 19.8. The first kappa shape index (κ1) is 59.6. The number of benzene rings is 10. The van der Waals surface area contributed by atoms with E-state index >= 15 is 0 Å². The van der Waals surface area contributed by atoms with Crippen LogP contribution < -0.4 is 21.3 Å². The van der Waals surface area contributed by atoms with Gasteiger partial charge in [-0.15, -0.1) is 0 Å². The van der Waals surface area contributed by atoms with Gasteiger partial charge in [-0.3, -0.25) is 18.7 Å². The van der Waals surface area contributed by atoms with Gasteiger partial charge in [-0.25, -0.2) is 9.59 Å². The fraction of sp³-hybridized carbons (Fsp3) is 0.152. The monoisotopic (exact) mass is 1160 g/mol. The van der Waals surface area contributed by atoms with E-state index in [9.17, 15) is 38.1 Å². The van der Waals surface area contributed by atoms with Crippen molar-refractivity contribution in [3.05, 3.63) is 252 Å². The minimum atomic E-state index is -4.94. The molecule has 10 rings (SSSR count). The highest BCUT2D eigenvalue weighted by Crippen LogP contribution is 2.62. The lowest BCUT2D eigenvalue weighted by molar-refractivity contribution is -0.117. The number of nitrogens with one attached hydrogen (secondary N) is 4. The molecule has 2 atom stereocenters. The van der Waals surface area contributed by atoms with Gasteiger partial charge in [-0.1, -0.05) is 194 Å². The highest BCUT2D eigenvalue weighted by Gasteiger charge is 2.44. The molecule has 16 nitrogen and oxygen atoms in total. The molecule has 0 fully saturated rings. The smallest absolute Gasteiger partial charge is 0.407 e. The zero-order valence-corrected chi connectivity index (χ0v) is 47.8. The number of hydrogen-bond donors (Lipinski definition) is 6. The summed E-state index contributed by atoms with van der Waals surface area (Å²) < 4.78 is 49.4. The molecule has 84 heavy (non-hydrogen) atoms. The Morgan fingerprint density at radius 1 is 0.429 bits per heavy atom. The van der Waals surface area contributed by atoms with E-state index in [1.54, 1.807) is 56.3 Å². The zero-order chi connectivity index (χ0) is 59.1. The summed E-state index contributed by atoms with van der Waals surface area (Å²) in [6.07, 6.45) is -1.23. The average Bonchev–Trinajstić information content (AvgIpc) is 1.41. The highest BCUT2D eigenvalue weighted by molar-refractivity contribution is 7.55. The Labute approximate surface area is 485 Å². The third-order valence-corrected chi connectivity index (χ3v) is 17.3. The second-order valence-corrected chi connectivity index (χ2v) is 23.2. The highest BCUT2D eigenvalue weighted by atomic mass is 31.2. The van der Waals surface area contributed by atoms with E-state index in [4.69, 9.17) is 18.5 Å². The molecule has 0 aliphatic carbocycles. The standard InChI is InChI=1S/C35H35N2O6P.C31H27N2O6P/c1-3-42-44(40,43-4-2)33(31-20-12-18-26-15-10-11-19-30(26)31)34(38)37-32-22-28-17-9-8-16-27(28)21-29(32)24-41-35(39)36-23-25-13-6-5-7-14-25;34-30(29(40(36,37)38)27-16-8-14-22-11-6-7-15-26(22)27)33-28-18-24-13-5-4-12-23(24)17-25(28)20-39-31(35)32-19-21-9-2-1-3-10-21/h5-22,33H,3-4,23-24H2,1-2H3,(H,36,39)(H,37,38);1-18,29H,19-20H2,(H,32,35)(H,33,34)(H2,36,37,38). The summed E-state index contributed by atoms with van der Waals surface area (Å²) in [6, 6.07) is 66.5. The van der Waals surface area contributed by atoms with Gasteiger partial charge >= 0.3 is 27.4 Å². The van der Waals surface area contributed by atoms with E-state index in [1.807, 2.05) is 176 Å². The maximum Gasteiger partial charge on any atom is 0.407 e. The first-order valence-electron chi connectivity index (χ1n) is 27.1. The molecule has 2 unspecified atom stereocenters. The van der Waals surface area contributed by atoms with Gasteiger partial charge in [0.05, 0.1) is 13.2 Å². The van der Waals surface area contributed by atoms with E-state index in [0.29, 0.717) is 40.0 Å². The molecule has 0 spiro atoms. The first-order chi connectivity index (χ1) is 40.7. The number of fused-ring (bicyclic) bond motifs is 4. The van der Waals surface area contributed by atoms with Gasteiger partial charge in [-0.2, -0.15) is 0 Å². The summed E-state index contributed by atoms with van der Waals surface area (Å²) in [6.45, 7) is 3.95. The van der Waals surface area contributed by atoms with Gasteiger partial charge in [0.2, 0.25) is 11.8 Å². The maximum absolute atomic E-state index is 14.3. The minimum Gasteiger partial charge on any atom is -0.445 e. The van der Waals surface area contributed by atoms with Crippen molar-refractivity contribution in [3.8, 4) is 0 Å². The first-order valence-corrected chi connectivity index (χ1v) is 30.4. The summed E-state index contributed by atoms with van der Waals surface area (Å²) in [5.74, 6) is -1.42. The topological polar surface area (TPSA) is 228 Å². The van der Waals surface area contributed by atoms with Crippen molar-refractivity contribution in [2.45, 2.75) is 51.5 Å². The average molecular weight is 1170 g/mol. The van der Waals surface area contributed by atoms with Crippen LogP contribution in [-0.4, -0.2) is 47.0 Å². The van der Waals surface area contributed by atoms with Crippen LogP contribution in [0.15, 0.2) is 218 Å². The van der Waals surface area contributed by atoms with Crippen molar-refractivity contribution < 1.29 is 56.6 Å². The largest absolute Gasteiger partial charge is 0.445 e. The quantitative estimate of drug-likeness (QED) is 0.0392. The van der Waals surface area contributed by atoms with Crippen molar-refractivity contribution in [2.75, 3.05) is 23.8 Å². The van der Waals surface area contributed by atoms with Gasteiger partial charge in [0, 0.05) is 35.6 Å². The third-order valence-electron chi connectivity index (χ3n) is 13.7. The summed E-state index contributed by atoms with van der Waals surface area (Å²) in [7, 11) is -8.92. The number of anilines is 2. The fourth-order valence-corrected chi connectivity index (χ4v) is 12.8. The normalized spacial score (nSPS) is 12.1. The summed E-state index contributed by atoms with van der Waals surface area (Å²) in [5, 5.41) is 17.6. The molecule has 0 aromatic heterocycles. The third kappa shape index (κ3) is 15.0. The van der Waals surface area contributed by atoms with Crippen LogP contribution in [0.1, 0.15) is 58.5 Å². The molecule has 18 heteroatoms. The van der Waals surface area contributed by atoms with E-state index in [0.717, 1.165) is 48.8 Å². The molecule has 4 amide bonds. The van der Waals surface area contributed by atoms with Crippen LogP contribution in [0.4, 0.5) is 21.0 Å². The lowest BCUT2D eigenvalue weighted by Crippen LogP contribution is -2.25. The molecule has 0 aliphatic rings. The molecule has 0 saturated carbocycles. The Morgan fingerprint density at radius 2 is 0.774 bits per heavy atom. The Hall–Kier alpha value is -8.98. The lowest BCUT2D eigenvalue weighted by atomic mass is 10.0. The van der Waals surface area contributed by atoms with E-state index in [2.05, 4.69) is 21.3 Å². The molecule has 0 heterocycles. The Bertz CT molecular complexity index is 4050. The maximum atomic E-state index is 14.3. The van der Waals surface area contributed by atoms with Crippen LogP contribution >= 0.6 is 15.2 Å². The Balaban J connectivity index is 0.000000202. The number of hydrogen-bond acceptors (Lipinski definition) is 10. The van der Waals surface area contributed by atoms with E-state index < -0.39 is 50.5 Å². The molecule has 10 aromatic rings. The molecule has 0 saturated heterocycles. The SMILES string of the molecule is CCOP(=O)(OCC)C(C(=O)Nc1cc2ccccc2cc1COC(=O)NCc1ccccc1)c1cccc2ccccc12.O=C(NCc1ccccc1)OCc1cc2ccccc2cc1NC(=O)C(c1cccc2ccccc12)P(=O)(O)O. The molecule has 0 bridgehead atoms. The van der Waals surface area contributed by atoms with E-state index in [-0.39, 0.29) is 38.5 Å². The number of carbonyl (C=O) groups is 4. The van der Waals surface area contributed by atoms with Crippen LogP contribution in [0.5, 0.6) is 0 Å². The summed E-state index contributed by atoms with van der Waals surface area (Å²) >= 11 is 0. The molecule has 6 N–H and O–H groups in total. The van der Waals surface area contributed by atoms with Crippen molar-refractivity contribution in [3.63, 3.8) is 0 Å². The van der Waals surface area contributed by atoms with Crippen LogP contribution in [0, 0.1) is 0 Å². The number of ether oxygens (including phenoxy) is 2. The van der Waals surface area contributed by atoms with Gasteiger partial charge in [0.1, 0.15) is 13.2 Å². The predicted octanol–water partition coefficient (Wildman–Crippen LogP) is 14.6. The van der Waals surface area contributed by atoms with Gasteiger partial charge in [0.15, 0.2) is 11.3 Å². The van der Waals surface area contributed by atoms with Gasteiger partial charge in [-0.05, 0) is 103 Å². The predicted molar refractivity (Wildman–Crippen MR) is 328 cm³/mol. The van der Waals surface area contributed by atoms with Gasteiger partial charge in [0.25, 0.3) is 0 Å². The second-order valence-electron chi connectivity index (χ2n) is 19.4. The van der Waals surface area contributed by atoms with Crippen LogP contribution in [0.25, 0.3) is 43.1 Å². The number of alkyl carbamates (subject to hydrolysis) is 2. The second kappa shape index (κ2) is 27.9. The number of amides is 4. The van der Waals surface area contributed by atoms with Crippen molar-refractivity contribution in [1.29, 1.82) is 0 Å². The molecule has 0 aliphatic heterocycles. The fourth-order valence-electron chi connectivity index (χ4n) is 9.83. The van der Waals surface area contributed by atoms with Crippen LogP contribution in [0.3, 0.4) is 0 Å². The van der Waals surface area contributed by atoms with Crippen molar-refractivity contribution in [2.24, 2.45) is 0 Å². The van der Waals surface area contributed by atoms with Crippen molar-refractivity contribution >= 4 is 93.7 Å². The zero-order valence-electron chi connectivity index (χ0n) is 46.1. The molecule has 0 radical (unpaired) electrons.